The largest absolute Gasteiger partial charge is 0.356 e. The Hall–Kier alpha value is -1.73. The molecule has 0 radical (unpaired) electrons. The fraction of sp³-hybridized carbons (Fsp3) is 0.579. The second kappa shape index (κ2) is 9.99. The van der Waals surface area contributed by atoms with Crippen molar-refractivity contribution >= 4 is 24.2 Å². The average Bonchev–Trinajstić information content (AvgIpc) is 3.47. The number of piperidine rings is 1. The fourth-order valence-corrected chi connectivity index (χ4v) is 3.38. The Balaban J connectivity index is 0.00000261. The van der Waals surface area contributed by atoms with E-state index in [-0.39, 0.29) is 42.1 Å². The van der Waals surface area contributed by atoms with Crippen LogP contribution in [0.4, 0.5) is 8.78 Å². The Bertz CT molecular complexity index is 670. The van der Waals surface area contributed by atoms with E-state index in [0.717, 1.165) is 31.9 Å². The number of hydrogen-bond acceptors (Lipinski definition) is 3. The van der Waals surface area contributed by atoms with Gasteiger partial charge in [-0.15, -0.1) is 12.4 Å². The molecule has 2 aliphatic rings. The molecule has 1 aromatic rings. The molecule has 5 nitrogen and oxygen atoms in total. The number of hydrogen-bond donors (Lipinski definition) is 3. The van der Waals surface area contributed by atoms with Crippen LogP contribution in [0.5, 0.6) is 0 Å². The van der Waals surface area contributed by atoms with Gasteiger partial charge in [-0.2, -0.15) is 0 Å². The minimum Gasteiger partial charge on any atom is -0.356 e. The topological polar surface area (TPSA) is 70.2 Å². The number of nitrogens with one attached hydrogen (secondary N) is 3. The highest BCUT2D eigenvalue weighted by Gasteiger charge is 2.30. The van der Waals surface area contributed by atoms with Gasteiger partial charge < -0.3 is 16.0 Å². The second-order valence-electron chi connectivity index (χ2n) is 7.12. The van der Waals surface area contributed by atoms with Crippen LogP contribution in [0, 0.1) is 17.6 Å². The number of halogens is 3. The summed E-state index contributed by atoms with van der Waals surface area (Å²) in [7, 11) is 0. The Kier molecular flexibility index (Phi) is 7.98. The van der Waals surface area contributed by atoms with Gasteiger partial charge in [0, 0.05) is 37.4 Å². The van der Waals surface area contributed by atoms with Crippen molar-refractivity contribution in [2.75, 3.05) is 19.6 Å². The second-order valence-corrected chi connectivity index (χ2v) is 7.12. The summed E-state index contributed by atoms with van der Waals surface area (Å²) in [6.07, 6.45) is 3.58. The van der Waals surface area contributed by atoms with E-state index in [1.165, 1.54) is 6.07 Å². The van der Waals surface area contributed by atoms with E-state index >= 15 is 0 Å². The summed E-state index contributed by atoms with van der Waals surface area (Å²) in [5.41, 5.74) is 0.701. The van der Waals surface area contributed by atoms with Crippen LogP contribution >= 0.6 is 12.4 Å². The lowest BCUT2D eigenvalue weighted by Crippen LogP contribution is -2.50. The molecule has 1 aliphatic carbocycles. The van der Waals surface area contributed by atoms with Crippen molar-refractivity contribution in [2.45, 2.75) is 44.1 Å². The van der Waals surface area contributed by atoms with Crippen molar-refractivity contribution < 1.29 is 18.4 Å². The molecule has 27 heavy (non-hydrogen) atoms. The van der Waals surface area contributed by atoms with Crippen molar-refractivity contribution in [3.8, 4) is 0 Å². The van der Waals surface area contributed by atoms with Crippen LogP contribution in [-0.2, 0) is 9.59 Å². The van der Waals surface area contributed by atoms with Gasteiger partial charge in [-0.1, -0.05) is 6.07 Å². The lowest BCUT2D eigenvalue weighted by Gasteiger charge is -2.33. The molecule has 8 heteroatoms. The number of amides is 2. The maximum absolute atomic E-state index is 13.5. The van der Waals surface area contributed by atoms with E-state index in [1.54, 1.807) is 6.07 Å². The maximum atomic E-state index is 13.5. The Morgan fingerprint density at radius 1 is 1.15 bits per heavy atom. The molecular weight excluding hydrogens is 376 g/mol. The van der Waals surface area contributed by atoms with E-state index in [2.05, 4.69) is 16.0 Å². The van der Waals surface area contributed by atoms with Crippen LogP contribution in [0.2, 0.25) is 0 Å². The lowest BCUT2D eigenvalue weighted by molar-refractivity contribution is -0.124. The molecule has 0 spiro atoms. The molecule has 0 bridgehead atoms. The first-order chi connectivity index (χ1) is 12.5. The minimum atomic E-state index is -0.864. The summed E-state index contributed by atoms with van der Waals surface area (Å²) in [5.74, 6) is -1.61. The van der Waals surface area contributed by atoms with E-state index in [0.29, 0.717) is 31.5 Å². The van der Waals surface area contributed by atoms with Gasteiger partial charge in [0.2, 0.25) is 11.8 Å². The molecule has 3 rings (SSSR count). The van der Waals surface area contributed by atoms with Crippen LogP contribution in [0.15, 0.2) is 18.2 Å². The van der Waals surface area contributed by atoms with Crippen molar-refractivity contribution in [1.29, 1.82) is 0 Å². The van der Waals surface area contributed by atoms with Crippen LogP contribution in [0.1, 0.15) is 43.6 Å². The smallest absolute Gasteiger partial charge is 0.223 e. The zero-order valence-corrected chi connectivity index (χ0v) is 15.9. The first kappa shape index (κ1) is 21.6. The highest BCUT2D eigenvalue weighted by molar-refractivity contribution is 5.85. The molecule has 150 valence electrons. The summed E-state index contributed by atoms with van der Waals surface area (Å²) in [4.78, 5) is 23.8. The standard InChI is InChI=1S/C19H25F2N3O2.ClH/c20-15-6-5-13(10-16(15)21)14-7-9-22-11-17(14)24-18(25)2-1-8-23-19(26)12-3-4-12;/h5-6,10,12,14,17,22H,1-4,7-9,11H2,(H,23,26)(H,24,25);1H. The van der Waals surface area contributed by atoms with Gasteiger partial charge in [0.05, 0.1) is 0 Å². The van der Waals surface area contributed by atoms with E-state index < -0.39 is 11.6 Å². The maximum Gasteiger partial charge on any atom is 0.223 e. The van der Waals surface area contributed by atoms with Gasteiger partial charge in [0.25, 0.3) is 0 Å². The third kappa shape index (κ3) is 6.14. The predicted octanol–water partition coefficient (Wildman–Crippen LogP) is 2.25. The first-order valence-corrected chi connectivity index (χ1v) is 9.27. The average molecular weight is 402 g/mol. The van der Waals surface area contributed by atoms with Gasteiger partial charge >= 0.3 is 0 Å². The number of carbonyl (C=O) groups excluding carboxylic acids is 2. The minimum absolute atomic E-state index is 0. The zero-order chi connectivity index (χ0) is 18.5. The number of carbonyl (C=O) groups is 2. The van der Waals surface area contributed by atoms with Gasteiger partial charge in [0.1, 0.15) is 0 Å². The Morgan fingerprint density at radius 3 is 2.63 bits per heavy atom. The summed E-state index contributed by atoms with van der Waals surface area (Å²) in [6.45, 7) is 1.86. The van der Waals surface area contributed by atoms with Gasteiger partial charge in [-0.25, -0.2) is 8.78 Å². The molecular formula is C19H26ClF2N3O2. The van der Waals surface area contributed by atoms with E-state index in [9.17, 15) is 18.4 Å². The monoisotopic (exact) mass is 401 g/mol. The SMILES string of the molecule is Cl.O=C(CCCNC(=O)C1CC1)NC1CNCCC1c1ccc(F)c(F)c1. The molecule has 1 aliphatic heterocycles. The van der Waals surface area contributed by atoms with Gasteiger partial charge in [-0.3, -0.25) is 9.59 Å². The van der Waals surface area contributed by atoms with Crippen LogP contribution in [0.25, 0.3) is 0 Å². The molecule has 1 heterocycles. The van der Waals surface area contributed by atoms with Crippen LogP contribution in [0.3, 0.4) is 0 Å². The number of rotatable bonds is 7. The summed E-state index contributed by atoms with van der Waals surface area (Å²) < 4.78 is 26.7. The van der Waals surface area contributed by atoms with Crippen molar-refractivity contribution in [1.82, 2.24) is 16.0 Å². The van der Waals surface area contributed by atoms with Crippen molar-refractivity contribution in [3.05, 3.63) is 35.4 Å². The van der Waals surface area contributed by atoms with Crippen molar-refractivity contribution in [3.63, 3.8) is 0 Å². The van der Waals surface area contributed by atoms with E-state index in [4.69, 9.17) is 0 Å². The molecule has 1 saturated carbocycles. The molecule has 2 atom stereocenters. The quantitative estimate of drug-likeness (QED) is 0.614. The fourth-order valence-electron chi connectivity index (χ4n) is 3.38. The van der Waals surface area contributed by atoms with Crippen molar-refractivity contribution in [2.24, 2.45) is 5.92 Å². The van der Waals surface area contributed by atoms with Gasteiger partial charge in [0.15, 0.2) is 11.6 Å². The summed E-state index contributed by atoms with van der Waals surface area (Å²) >= 11 is 0. The van der Waals surface area contributed by atoms with Crippen LogP contribution < -0.4 is 16.0 Å². The Morgan fingerprint density at radius 2 is 1.93 bits per heavy atom. The lowest BCUT2D eigenvalue weighted by atomic mass is 9.86. The highest BCUT2D eigenvalue weighted by Crippen LogP contribution is 2.29. The number of benzene rings is 1. The molecule has 1 aromatic carbocycles. The first-order valence-electron chi connectivity index (χ1n) is 9.27. The molecule has 1 saturated heterocycles. The highest BCUT2D eigenvalue weighted by atomic mass is 35.5. The molecule has 2 amide bonds. The van der Waals surface area contributed by atoms with Gasteiger partial charge in [-0.05, 0) is 49.9 Å². The summed E-state index contributed by atoms with van der Waals surface area (Å²) in [6, 6.07) is 3.77. The molecule has 3 N–H and O–H groups in total. The summed E-state index contributed by atoms with van der Waals surface area (Å²) in [5, 5.41) is 9.06. The Labute approximate surface area is 164 Å². The third-order valence-electron chi connectivity index (χ3n) is 5.03. The zero-order valence-electron chi connectivity index (χ0n) is 15.1. The molecule has 2 unspecified atom stereocenters. The third-order valence-corrected chi connectivity index (χ3v) is 5.03. The molecule has 2 fully saturated rings. The normalized spacial score (nSPS) is 21.9. The predicted molar refractivity (Wildman–Crippen MR) is 101 cm³/mol. The molecule has 0 aromatic heterocycles. The van der Waals surface area contributed by atoms with Crippen LogP contribution in [-0.4, -0.2) is 37.5 Å². The van der Waals surface area contributed by atoms with E-state index in [1.807, 2.05) is 0 Å².